The summed E-state index contributed by atoms with van der Waals surface area (Å²) in [4.78, 5) is 40.3. The van der Waals surface area contributed by atoms with Gasteiger partial charge < -0.3 is 9.80 Å². The third-order valence-corrected chi connectivity index (χ3v) is 6.01. The van der Waals surface area contributed by atoms with E-state index in [0.29, 0.717) is 41.9 Å². The molecule has 2 fully saturated rings. The Morgan fingerprint density at radius 1 is 0.967 bits per heavy atom. The van der Waals surface area contributed by atoms with Gasteiger partial charge in [0.2, 0.25) is 5.91 Å². The van der Waals surface area contributed by atoms with Gasteiger partial charge in [0.05, 0.1) is 43.2 Å². The minimum absolute atomic E-state index is 0.0549. The molecule has 30 heavy (non-hydrogen) atoms. The Hall–Kier alpha value is -2.68. The first-order valence-electron chi connectivity index (χ1n) is 9.50. The van der Waals surface area contributed by atoms with E-state index in [0.717, 1.165) is 10.6 Å². The van der Waals surface area contributed by atoms with E-state index in [-0.39, 0.29) is 23.9 Å². The van der Waals surface area contributed by atoms with Crippen LogP contribution in [0.2, 0.25) is 10.0 Å². The first-order chi connectivity index (χ1) is 14.3. The van der Waals surface area contributed by atoms with Gasteiger partial charge in [0.1, 0.15) is 0 Å². The van der Waals surface area contributed by atoms with Gasteiger partial charge in [0.15, 0.2) is 6.04 Å². The van der Waals surface area contributed by atoms with Crippen LogP contribution in [0, 0.1) is 10.1 Å². The van der Waals surface area contributed by atoms with E-state index in [1.807, 2.05) is 0 Å². The first kappa shape index (κ1) is 20.6. The molecule has 4 rings (SSSR count). The number of nitrogens with zero attached hydrogens (tertiary/aromatic N) is 3. The number of benzene rings is 2. The Morgan fingerprint density at radius 3 is 2.13 bits per heavy atom. The summed E-state index contributed by atoms with van der Waals surface area (Å²) >= 11 is 12.1. The summed E-state index contributed by atoms with van der Waals surface area (Å²) in [5.74, 6) is -0.495. The molecule has 1 N–H and O–H groups in total. The summed E-state index contributed by atoms with van der Waals surface area (Å²) in [6.45, 7) is 2.75. The minimum Gasteiger partial charge on any atom is -0.360 e. The molecular weight excluding hydrogens is 431 g/mol. The van der Waals surface area contributed by atoms with Crippen LogP contribution in [0.5, 0.6) is 0 Å². The number of nitro benzene ring substituents is 1. The predicted molar refractivity (Wildman–Crippen MR) is 113 cm³/mol. The number of halogens is 2. The van der Waals surface area contributed by atoms with Crippen molar-refractivity contribution in [3.63, 3.8) is 0 Å². The smallest absolute Gasteiger partial charge is 0.292 e. The highest BCUT2D eigenvalue weighted by atomic mass is 35.5. The van der Waals surface area contributed by atoms with Gasteiger partial charge in [-0.15, -0.1) is 0 Å². The zero-order chi connectivity index (χ0) is 21.4. The topological polar surface area (TPSA) is 88.2 Å². The average molecular weight is 450 g/mol. The largest absolute Gasteiger partial charge is 0.360 e. The van der Waals surface area contributed by atoms with E-state index in [4.69, 9.17) is 23.2 Å². The van der Waals surface area contributed by atoms with Crippen LogP contribution in [0.3, 0.4) is 0 Å². The lowest BCUT2D eigenvalue weighted by Crippen LogP contribution is -3.19. The fourth-order valence-corrected chi connectivity index (χ4v) is 4.59. The highest BCUT2D eigenvalue weighted by Gasteiger charge is 2.46. The van der Waals surface area contributed by atoms with Crippen LogP contribution in [0.1, 0.15) is 6.42 Å². The van der Waals surface area contributed by atoms with Gasteiger partial charge in [0, 0.05) is 27.9 Å². The van der Waals surface area contributed by atoms with Crippen LogP contribution >= 0.6 is 23.2 Å². The second kappa shape index (κ2) is 8.22. The molecule has 8 nitrogen and oxygen atoms in total. The molecule has 10 heteroatoms. The van der Waals surface area contributed by atoms with Crippen LogP contribution in [-0.2, 0) is 9.59 Å². The molecule has 2 saturated heterocycles. The number of carbonyl (C=O) groups excluding carboxylic acids is 2. The maximum Gasteiger partial charge on any atom is 0.292 e. The molecule has 2 aliphatic heterocycles. The van der Waals surface area contributed by atoms with E-state index >= 15 is 0 Å². The number of quaternary nitrogens is 1. The van der Waals surface area contributed by atoms with E-state index in [2.05, 4.69) is 4.90 Å². The summed E-state index contributed by atoms with van der Waals surface area (Å²) < 4.78 is 0. The molecule has 0 unspecified atom stereocenters. The van der Waals surface area contributed by atoms with Crippen molar-refractivity contribution in [3.8, 4) is 0 Å². The van der Waals surface area contributed by atoms with Crippen LogP contribution in [0.4, 0.5) is 17.1 Å². The number of hydrogen-bond acceptors (Lipinski definition) is 5. The zero-order valence-corrected chi connectivity index (χ0v) is 17.4. The Kier molecular flexibility index (Phi) is 5.64. The van der Waals surface area contributed by atoms with Crippen LogP contribution in [0.25, 0.3) is 0 Å². The van der Waals surface area contributed by atoms with Gasteiger partial charge in [0.25, 0.3) is 11.6 Å². The molecule has 0 bridgehead atoms. The molecule has 0 aromatic heterocycles. The number of piperazine rings is 1. The molecule has 1 atom stereocenters. The number of rotatable bonds is 4. The third-order valence-electron chi connectivity index (χ3n) is 5.58. The maximum atomic E-state index is 13.0. The normalized spacial score (nSPS) is 20.1. The number of carbonyl (C=O) groups is 2. The number of anilines is 2. The second-order valence-electron chi connectivity index (χ2n) is 7.37. The Morgan fingerprint density at radius 2 is 1.57 bits per heavy atom. The van der Waals surface area contributed by atoms with E-state index in [1.165, 1.54) is 17.0 Å². The van der Waals surface area contributed by atoms with Crippen molar-refractivity contribution >= 4 is 52.1 Å². The Bertz CT molecular complexity index is 986. The molecule has 156 valence electrons. The lowest BCUT2D eigenvalue weighted by Gasteiger charge is -2.35. The highest BCUT2D eigenvalue weighted by molar-refractivity contribution is 6.35. The molecule has 2 aromatic rings. The van der Waals surface area contributed by atoms with Crippen LogP contribution in [-0.4, -0.2) is 49.0 Å². The summed E-state index contributed by atoms with van der Waals surface area (Å²) in [5, 5.41) is 11.5. The van der Waals surface area contributed by atoms with E-state index in [9.17, 15) is 19.7 Å². The van der Waals surface area contributed by atoms with Gasteiger partial charge in [-0.1, -0.05) is 23.2 Å². The minimum atomic E-state index is -0.436. The summed E-state index contributed by atoms with van der Waals surface area (Å²) in [5.41, 5.74) is 1.36. The molecule has 2 heterocycles. The summed E-state index contributed by atoms with van der Waals surface area (Å²) in [6.07, 6.45) is 0.149. The summed E-state index contributed by atoms with van der Waals surface area (Å²) in [6, 6.07) is 10.7. The second-order valence-corrected chi connectivity index (χ2v) is 8.24. The Balaban J connectivity index is 1.43. The number of non-ortho nitro benzene ring substituents is 1. The zero-order valence-electron chi connectivity index (χ0n) is 15.9. The standard InChI is InChI=1S/C20H18Cl2N4O4/c21-13-9-14(22)11-17(10-13)25-19(27)12-18(20(25)28)24-7-5-23(6-8-24)15-1-3-16(4-2-15)26(29)30/h1-4,9-11,18H,5-8,12H2/p+1/t18-/m1/s1. The fraction of sp³-hybridized carbons (Fsp3) is 0.300. The number of nitrogens with one attached hydrogen (secondary N) is 1. The number of hydrogen-bond donors (Lipinski definition) is 1. The first-order valence-corrected chi connectivity index (χ1v) is 10.3. The van der Waals surface area contributed by atoms with Crippen molar-refractivity contribution in [2.75, 3.05) is 36.0 Å². The van der Waals surface area contributed by atoms with E-state index < -0.39 is 11.0 Å². The summed E-state index contributed by atoms with van der Waals surface area (Å²) in [7, 11) is 0. The number of imide groups is 1. The van der Waals surface area contributed by atoms with Crippen molar-refractivity contribution < 1.29 is 19.4 Å². The highest BCUT2D eigenvalue weighted by Crippen LogP contribution is 2.29. The monoisotopic (exact) mass is 449 g/mol. The van der Waals surface area contributed by atoms with Gasteiger partial charge >= 0.3 is 0 Å². The van der Waals surface area contributed by atoms with Crippen molar-refractivity contribution in [2.45, 2.75) is 12.5 Å². The predicted octanol–water partition coefficient (Wildman–Crippen LogP) is 1.94. The van der Waals surface area contributed by atoms with Gasteiger partial charge in [-0.3, -0.25) is 19.7 Å². The van der Waals surface area contributed by atoms with Crippen molar-refractivity contribution in [1.82, 2.24) is 0 Å². The van der Waals surface area contributed by atoms with Gasteiger partial charge in [-0.05, 0) is 30.3 Å². The molecule has 0 aliphatic carbocycles. The third kappa shape index (κ3) is 3.98. The van der Waals surface area contributed by atoms with Crippen molar-refractivity contribution in [1.29, 1.82) is 0 Å². The fourth-order valence-electron chi connectivity index (χ4n) is 4.08. The lowest BCUT2D eigenvalue weighted by molar-refractivity contribution is -0.915. The molecule has 2 aromatic carbocycles. The van der Waals surface area contributed by atoms with Crippen molar-refractivity contribution in [2.24, 2.45) is 0 Å². The van der Waals surface area contributed by atoms with E-state index in [1.54, 1.807) is 30.3 Å². The maximum absolute atomic E-state index is 13.0. The van der Waals surface area contributed by atoms with Crippen LogP contribution in [0.15, 0.2) is 42.5 Å². The molecule has 2 amide bonds. The average Bonchev–Trinajstić information content (AvgIpc) is 3.01. The number of nitro groups is 1. The Labute approximate surface area is 182 Å². The lowest BCUT2D eigenvalue weighted by atomic mass is 10.1. The molecule has 0 saturated carbocycles. The van der Waals surface area contributed by atoms with Crippen molar-refractivity contribution in [3.05, 3.63) is 62.6 Å². The van der Waals surface area contributed by atoms with Crippen LogP contribution < -0.4 is 14.7 Å². The molecule has 0 spiro atoms. The molecule has 0 radical (unpaired) electrons. The quantitative estimate of drug-likeness (QED) is 0.437. The molecular formula is C20H19Cl2N4O4+. The SMILES string of the molecule is O=C1C[C@@H]([NH+]2CCN(c3ccc([N+](=O)[O-])cc3)CC2)C(=O)N1c1cc(Cl)cc(Cl)c1. The van der Waals surface area contributed by atoms with Gasteiger partial charge in [-0.25, -0.2) is 4.90 Å². The number of amides is 2. The molecule has 2 aliphatic rings. The van der Waals surface area contributed by atoms with Gasteiger partial charge in [-0.2, -0.15) is 0 Å².